The molecule has 0 N–H and O–H groups in total. The average molecular weight is 374 g/mol. The molecule has 4 unspecified atom stereocenters. The van der Waals surface area contributed by atoms with Crippen LogP contribution in [0.5, 0.6) is 0 Å². The van der Waals surface area contributed by atoms with Crippen LogP contribution in [-0.4, -0.2) is 0 Å². The van der Waals surface area contributed by atoms with Crippen LogP contribution in [0, 0.1) is 29.1 Å². The summed E-state index contributed by atoms with van der Waals surface area (Å²) >= 11 is 0. The van der Waals surface area contributed by atoms with Crippen molar-refractivity contribution < 1.29 is 0 Å². The molecule has 2 aromatic rings. The minimum Gasteiger partial charge on any atom is -0.192 e. The smallest absolute Gasteiger partial charge is 0.0991 e. The number of benzene rings is 2. The Labute approximate surface area is 171 Å². The Morgan fingerprint density at radius 3 is 2.50 bits per heavy atom. The van der Waals surface area contributed by atoms with Crippen LogP contribution >= 0.6 is 0 Å². The third-order valence-electron chi connectivity index (χ3n) is 7.65. The minimum absolute atomic E-state index is 0.738. The summed E-state index contributed by atoms with van der Waals surface area (Å²) in [5.74, 6) is 3.72. The van der Waals surface area contributed by atoms with Crippen molar-refractivity contribution in [2.24, 2.45) is 17.8 Å². The second kappa shape index (κ2) is 9.13. The summed E-state index contributed by atoms with van der Waals surface area (Å²) < 4.78 is 0. The predicted molar refractivity (Wildman–Crippen MR) is 118 cm³/mol. The largest absolute Gasteiger partial charge is 0.192 e. The zero-order valence-corrected chi connectivity index (χ0v) is 17.5. The fourth-order valence-corrected chi connectivity index (χ4v) is 6.00. The van der Waals surface area contributed by atoms with Crippen LogP contribution < -0.4 is 0 Å². The Balaban J connectivity index is 1.36. The molecule has 0 heterocycles. The van der Waals surface area contributed by atoms with Crippen molar-refractivity contribution in [3.63, 3.8) is 0 Å². The fraction of sp³-hybridized carbons (Fsp3) is 0.593. The Bertz CT molecular complexity index is 830. The topological polar surface area (TPSA) is 23.8 Å². The summed E-state index contributed by atoms with van der Waals surface area (Å²) in [6, 6.07) is 15.3. The lowest BCUT2D eigenvalue weighted by Gasteiger charge is -2.42. The van der Waals surface area contributed by atoms with Crippen LogP contribution in [-0.2, 0) is 0 Å². The highest BCUT2D eigenvalue weighted by atomic mass is 14.4. The summed E-state index contributed by atoms with van der Waals surface area (Å²) in [5, 5.41) is 11.6. The van der Waals surface area contributed by atoms with E-state index < -0.39 is 0 Å². The van der Waals surface area contributed by atoms with Gasteiger partial charge in [-0.05, 0) is 84.2 Å². The molecular formula is C27H35N. The van der Waals surface area contributed by atoms with E-state index in [0.717, 1.165) is 29.2 Å². The van der Waals surface area contributed by atoms with Gasteiger partial charge >= 0.3 is 0 Å². The molecule has 1 nitrogen and oxygen atoms in total. The van der Waals surface area contributed by atoms with Crippen molar-refractivity contribution in [1.82, 2.24) is 0 Å². The third-order valence-corrected chi connectivity index (χ3v) is 7.65. The molecule has 0 aromatic heterocycles. The van der Waals surface area contributed by atoms with Gasteiger partial charge < -0.3 is 0 Å². The lowest BCUT2D eigenvalue weighted by molar-refractivity contribution is 0.113. The Kier molecular flexibility index (Phi) is 6.36. The summed E-state index contributed by atoms with van der Waals surface area (Å²) in [7, 11) is 0. The van der Waals surface area contributed by atoms with E-state index in [2.05, 4.69) is 37.3 Å². The molecule has 2 aliphatic rings. The molecule has 4 rings (SSSR count). The number of unbranched alkanes of at least 4 members (excludes halogenated alkanes) is 3. The molecule has 2 fully saturated rings. The maximum absolute atomic E-state index is 9.11. The second-order valence-corrected chi connectivity index (χ2v) is 9.49. The molecule has 0 spiro atoms. The molecule has 4 atom stereocenters. The van der Waals surface area contributed by atoms with E-state index in [0.29, 0.717) is 0 Å². The van der Waals surface area contributed by atoms with Gasteiger partial charge in [-0.25, -0.2) is 0 Å². The molecule has 148 valence electrons. The number of fused-ring (bicyclic) bond motifs is 2. The standard InChI is InChI=1S/C27H35N/c1-2-3-4-5-6-20-7-9-24-17-26(13-11-22(24)15-20)27-14-12-23-16-21(19-28)8-10-25(23)18-27/h8,10,12,14,16,18,20,22,24,26H,2-7,9,11,13,15,17H2,1H3. The highest BCUT2D eigenvalue weighted by Crippen LogP contribution is 2.48. The molecule has 0 aliphatic heterocycles. The first-order chi connectivity index (χ1) is 13.8. The summed E-state index contributed by atoms with van der Waals surface area (Å²) in [4.78, 5) is 0. The van der Waals surface area contributed by atoms with E-state index in [1.165, 1.54) is 87.0 Å². The zero-order chi connectivity index (χ0) is 19.3. The van der Waals surface area contributed by atoms with Gasteiger partial charge in [0.15, 0.2) is 0 Å². The van der Waals surface area contributed by atoms with Gasteiger partial charge in [-0.2, -0.15) is 5.26 Å². The highest BCUT2D eigenvalue weighted by molar-refractivity contribution is 5.84. The lowest BCUT2D eigenvalue weighted by atomic mass is 9.63. The molecule has 0 bridgehead atoms. The van der Waals surface area contributed by atoms with Crippen LogP contribution in [0.15, 0.2) is 36.4 Å². The van der Waals surface area contributed by atoms with E-state index in [9.17, 15) is 0 Å². The maximum atomic E-state index is 9.11. The number of hydrogen-bond acceptors (Lipinski definition) is 1. The lowest BCUT2D eigenvalue weighted by Crippen LogP contribution is -2.30. The molecule has 0 saturated heterocycles. The Morgan fingerprint density at radius 1 is 0.857 bits per heavy atom. The number of nitrogens with zero attached hydrogens (tertiary/aromatic N) is 1. The van der Waals surface area contributed by atoms with Gasteiger partial charge in [0.2, 0.25) is 0 Å². The first-order valence-corrected chi connectivity index (χ1v) is 11.7. The summed E-state index contributed by atoms with van der Waals surface area (Å²) in [6.45, 7) is 2.31. The van der Waals surface area contributed by atoms with Crippen LogP contribution in [0.1, 0.15) is 94.6 Å². The maximum Gasteiger partial charge on any atom is 0.0991 e. The van der Waals surface area contributed by atoms with Crippen molar-refractivity contribution >= 4 is 10.8 Å². The zero-order valence-electron chi connectivity index (χ0n) is 17.5. The van der Waals surface area contributed by atoms with Crippen molar-refractivity contribution in [3.05, 3.63) is 47.5 Å². The van der Waals surface area contributed by atoms with Crippen LogP contribution in [0.4, 0.5) is 0 Å². The normalized spacial score (nSPS) is 27.3. The van der Waals surface area contributed by atoms with E-state index in [4.69, 9.17) is 5.26 Å². The SMILES string of the molecule is CCCCCCC1CCC2CC(c3ccc4cc(C#N)ccc4c3)CCC2C1. The molecular weight excluding hydrogens is 338 g/mol. The van der Waals surface area contributed by atoms with E-state index in [1.807, 2.05) is 12.1 Å². The Morgan fingerprint density at radius 2 is 1.64 bits per heavy atom. The van der Waals surface area contributed by atoms with Gasteiger partial charge in [0.1, 0.15) is 0 Å². The monoisotopic (exact) mass is 373 g/mol. The first kappa shape index (κ1) is 19.5. The van der Waals surface area contributed by atoms with Gasteiger partial charge in [0, 0.05) is 0 Å². The van der Waals surface area contributed by atoms with E-state index >= 15 is 0 Å². The van der Waals surface area contributed by atoms with Gasteiger partial charge in [0.25, 0.3) is 0 Å². The molecule has 1 heteroatoms. The highest BCUT2D eigenvalue weighted by Gasteiger charge is 2.35. The van der Waals surface area contributed by atoms with E-state index in [1.54, 1.807) is 0 Å². The molecule has 0 radical (unpaired) electrons. The number of nitriles is 1. The van der Waals surface area contributed by atoms with E-state index in [-0.39, 0.29) is 0 Å². The summed E-state index contributed by atoms with van der Waals surface area (Å²) in [6.07, 6.45) is 15.8. The summed E-state index contributed by atoms with van der Waals surface area (Å²) in [5.41, 5.74) is 2.28. The van der Waals surface area contributed by atoms with Crippen LogP contribution in [0.2, 0.25) is 0 Å². The third kappa shape index (κ3) is 4.43. The average Bonchev–Trinajstić information content (AvgIpc) is 2.75. The minimum atomic E-state index is 0.738. The number of rotatable bonds is 6. The fourth-order valence-electron chi connectivity index (χ4n) is 6.00. The quantitative estimate of drug-likeness (QED) is 0.471. The molecule has 2 aromatic carbocycles. The first-order valence-electron chi connectivity index (χ1n) is 11.7. The second-order valence-electron chi connectivity index (χ2n) is 9.49. The number of hydrogen-bond donors (Lipinski definition) is 0. The molecule has 0 amide bonds. The Hall–Kier alpha value is -1.81. The van der Waals surface area contributed by atoms with Gasteiger partial charge in [-0.3, -0.25) is 0 Å². The molecule has 28 heavy (non-hydrogen) atoms. The van der Waals surface area contributed by atoms with Gasteiger partial charge in [-0.15, -0.1) is 0 Å². The van der Waals surface area contributed by atoms with Crippen molar-refractivity contribution in [2.75, 3.05) is 0 Å². The predicted octanol–water partition coefficient (Wildman–Crippen LogP) is 7.98. The van der Waals surface area contributed by atoms with Crippen LogP contribution in [0.3, 0.4) is 0 Å². The van der Waals surface area contributed by atoms with Crippen molar-refractivity contribution in [2.45, 2.75) is 83.5 Å². The van der Waals surface area contributed by atoms with Crippen molar-refractivity contribution in [1.29, 1.82) is 5.26 Å². The van der Waals surface area contributed by atoms with Crippen molar-refractivity contribution in [3.8, 4) is 6.07 Å². The van der Waals surface area contributed by atoms with Crippen LogP contribution in [0.25, 0.3) is 10.8 Å². The molecule has 2 saturated carbocycles. The van der Waals surface area contributed by atoms with Gasteiger partial charge in [0.05, 0.1) is 11.6 Å². The van der Waals surface area contributed by atoms with Gasteiger partial charge in [-0.1, -0.05) is 69.7 Å². The molecule has 2 aliphatic carbocycles.